The maximum atomic E-state index is 9.75. The summed E-state index contributed by atoms with van der Waals surface area (Å²) in [4.78, 5) is 0. The van der Waals surface area contributed by atoms with E-state index in [1.807, 2.05) is 42.5 Å². The lowest BCUT2D eigenvalue weighted by molar-refractivity contribution is -0.517. The molecule has 1 aliphatic carbocycles. The summed E-state index contributed by atoms with van der Waals surface area (Å²) in [6, 6.07) is 16.4. The second-order valence-electron chi connectivity index (χ2n) is 8.41. The van der Waals surface area contributed by atoms with Crippen LogP contribution in [-0.4, -0.2) is 42.4 Å². The first-order valence-electron chi connectivity index (χ1n) is 12.1. The molecule has 2 aromatic rings. The van der Waals surface area contributed by atoms with E-state index in [2.05, 4.69) is 91.1 Å². The van der Waals surface area contributed by atoms with Crippen molar-refractivity contribution in [2.45, 2.75) is 0 Å². The number of benzene rings is 2. The van der Waals surface area contributed by atoms with Crippen molar-refractivity contribution in [3.63, 3.8) is 0 Å². The van der Waals surface area contributed by atoms with Gasteiger partial charge in [-0.05, 0) is 71.4 Å². The minimum atomic E-state index is -6.00. The summed E-state index contributed by atoms with van der Waals surface area (Å²) in [5, 5.41) is 0. The molecule has 2 nitrogen and oxygen atoms in total. The molecule has 1 heterocycles. The van der Waals surface area contributed by atoms with Crippen LogP contribution in [0.4, 0.5) is 17.3 Å². The Morgan fingerprint density at radius 2 is 1.23 bits per heavy atom. The Morgan fingerprint density at radius 3 is 1.73 bits per heavy atom. The molecule has 0 spiro atoms. The zero-order chi connectivity index (χ0) is 29.1. The van der Waals surface area contributed by atoms with Gasteiger partial charge in [0.25, 0.3) is 0 Å². The molecule has 0 bridgehead atoms. The molecule has 0 radical (unpaired) electrons. The molecule has 0 aromatic heterocycles. The summed E-state index contributed by atoms with van der Waals surface area (Å²) in [6.45, 7) is 1.54. The Bertz CT molecular complexity index is 1360. The first-order chi connectivity index (χ1) is 19.1. The third-order valence-corrected chi connectivity index (χ3v) is 6.92. The van der Waals surface area contributed by atoms with Crippen LogP contribution in [0.3, 0.4) is 0 Å². The van der Waals surface area contributed by atoms with Crippen LogP contribution in [0, 0.1) is 0 Å². The molecule has 4 rings (SSSR count). The van der Waals surface area contributed by atoms with Crippen molar-refractivity contribution in [3.8, 4) is 0 Å². The van der Waals surface area contributed by atoms with E-state index in [1.165, 1.54) is 0 Å². The molecular formula is C29H24BBr2Cl2F4NO. The summed E-state index contributed by atoms with van der Waals surface area (Å²) >= 11 is 18.9. The number of allylic oxidation sites excluding steroid dienone is 10. The summed E-state index contributed by atoms with van der Waals surface area (Å²) in [5.74, 6) is 2.72. The Hall–Kier alpha value is -2.33. The van der Waals surface area contributed by atoms with Crippen LogP contribution in [0.5, 0.6) is 0 Å². The van der Waals surface area contributed by atoms with E-state index in [4.69, 9.17) is 27.9 Å². The van der Waals surface area contributed by atoms with Crippen molar-refractivity contribution in [2.24, 2.45) is 0 Å². The van der Waals surface area contributed by atoms with Gasteiger partial charge < -0.3 is 22.0 Å². The minimum Gasteiger partial charge on any atom is -0.457 e. The molecule has 40 heavy (non-hydrogen) atoms. The molecule has 2 aromatic carbocycles. The summed E-state index contributed by atoms with van der Waals surface area (Å²) < 4.78 is 49.6. The SMILES string of the molecule is ClCC[N+](CCCl)=C1C=CC(=CC=C2C=C(c3ccc(Br)cc3)C=C(c3ccc(Br)cc3)O2)C=C1.F[B-](F)(F)F. The summed E-state index contributed by atoms with van der Waals surface area (Å²) in [6.07, 6.45) is 16.6. The molecule has 0 saturated carbocycles. The van der Waals surface area contributed by atoms with Crippen molar-refractivity contribution < 1.29 is 26.6 Å². The number of alkyl halides is 2. The van der Waals surface area contributed by atoms with E-state index in [9.17, 15) is 17.3 Å². The predicted octanol–water partition coefficient (Wildman–Crippen LogP) is 9.83. The fraction of sp³-hybridized carbons (Fsp3) is 0.138. The topological polar surface area (TPSA) is 12.2 Å². The molecule has 210 valence electrons. The first kappa shape index (κ1) is 32.2. The minimum absolute atomic E-state index is 0.565. The Morgan fingerprint density at radius 1 is 0.725 bits per heavy atom. The van der Waals surface area contributed by atoms with Crippen LogP contribution >= 0.6 is 55.1 Å². The van der Waals surface area contributed by atoms with Crippen LogP contribution in [-0.2, 0) is 4.74 Å². The molecule has 0 amide bonds. The first-order valence-corrected chi connectivity index (χ1v) is 14.7. The van der Waals surface area contributed by atoms with Crippen molar-refractivity contribution in [1.82, 2.24) is 0 Å². The van der Waals surface area contributed by atoms with E-state index < -0.39 is 7.25 Å². The average Bonchev–Trinajstić information content (AvgIpc) is 2.92. The second-order valence-corrected chi connectivity index (χ2v) is 11.0. The van der Waals surface area contributed by atoms with Gasteiger partial charge in [-0.25, -0.2) is 4.58 Å². The van der Waals surface area contributed by atoms with Crippen LogP contribution in [0.2, 0.25) is 0 Å². The van der Waals surface area contributed by atoms with Crippen molar-refractivity contribution in [2.75, 3.05) is 24.8 Å². The second kappa shape index (κ2) is 15.6. The number of hydrogen-bond donors (Lipinski definition) is 0. The molecule has 0 atom stereocenters. The van der Waals surface area contributed by atoms with Gasteiger partial charge in [0.05, 0.1) is 11.8 Å². The number of hydrogen-bond acceptors (Lipinski definition) is 1. The van der Waals surface area contributed by atoms with E-state index in [1.54, 1.807) is 0 Å². The monoisotopic (exact) mass is 717 g/mol. The maximum absolute atomic E-state index is 9.75. The van der Waals surface area contributed by atoms with Gasteiger partial charge in [-0.2, -0.15) is 0 Å². The molecule has 0 unspecified atom stereocenters. The molecule has 0 N–H and O–H groups in total. The summed E-state index contributed by atoms with van der Waals surface area (Å²) in [5.41, 5.74) is 5.43. The zero-order valence-electron chi connectivity index (χ0n) is 21.0. The fourth-order valence-electron chi connectivity index (χ4n) is 3.72. The highest BCUT2D eigenvalue weighted by molar-refractivity contribution is 9.10. The van der Waals surface area contributed by atoms with Gasteiger partial charge >= 0.3 is 7.25 Å². The molecule has 1 aliphatic heterocycles. The van der Waals surface area contributed by atoms with Crippen molar-refractivity contribution in [3.05, 3.63) is 129 Å². The lowest BCUT2D eigenvalue weighted by Crippen LogP contribution is -2.24. The molecule has 2 aliphatic rings. The predicted molar refractivity (Wildman–Crippen MR) is 166 cm³/mol. The van der Waals surface area contributed by atoms with Gasteiger partial charge in [0.2, 0.25) is 0 Å². The lowest BCUT2D eigenvalue weighted by Gasteiger charge is -2.18. The van der Waals surface area contributed by atoms with Gasteiger partial charge in [-0.3, -0.25) is 0 Å². The number of halogens is 8. The van der Waals surface area contributed by atoms with Crippen LogP contribution in [0.15, 0.2) is 117 Å². The highest BCUT2D eigenvalue weighted by Crippen LogP contribution is 2.33. The summed E-state index contributed by atoms with van der Waals surface area (Å²) in [7, 11) is -6.00. The number of nitrogens with zero attached hydrogens (tertiary/aromatic N) is 1. The Kier molecular flexibility index (Phi) is 12.6. The normalized spacial score (nSPS) is 15.7. The van der Waals surface area contributed by atoms with E-state index in [-0.39, 0.29) is 0 Å². The average molecular weight is 720 g/mol. The highest BCUT2D eigenvalue weighted by atomic mass is 79.9. The lowest BCUT2D eigenvalue weighted by atomic mass is 10.0. The maximum Gasteiger partial charge on any atom is 0.673 e. The van der Waals surface area contributed by atoms with Crippen molar-refractivity contribution in [1.29, 1.82) is 0 Å². The van der Waals surface area contributed by atoms with Crippen molar-refractivity contribution >= 4 is 79.4 Å². The van der Waals surface area contributed by atoms with Gasteiger partial charge in [0.1, 0.15) is 11.5 Å². The molecule has 0 fully saturated rings. The van der Waals surface area contributed by atoms with Gasteiger partial charge in [-0.15, -0.1) is 23.2 Å². The van der Waals surface area contributed by atoms with Crippen LogP contribution < -0.4 is 0 Å². The zero-order valence-corrected chi connectivity index (χ0v) is 25.7. The van der Waals surface area contributed by atoms with Gasteiger partial charge in [0.15, 0.2) is 18.8 Å². The van der Waals surface area contributed by atoms with Gasteiger partial charge in [-0.1, -0.05) is 62.2 Å². The molecule has 11 heteroatoms. The fourth-order valence-corrected chi connectivity index (χ4v) is 4.66. The Balaban J connectivity index is 0.000000810. The van der Waals surface area contributed by atoms with E-state index in [0.717, 1.165) is 61.5 Å². The quantitative estimate of drug-likeness (QED) is 0.120. The van der Waals surface area contributed by atoms with Crippen LogP contribution in [0.1, 0.15) is 11.1 Å². The largest absolute Gasteiger partial charge is 0.673 e. The standard InChI is InChI=1S/C29H24Br2Cl2NO.BF4/c30-25-8-4-22(5-9-25)24-19-28(35-29(20-24)23-6-10-26(31)11-7-23)14-3-21-1-12-27(13-2-21)34(17-15-32)18-16-33;2-1(3,4)5/h1-14,19-20H,15-18H2;/q+1;-1. The third-order valence-electron chi connectivity index (χ3n) is 5.53. The molecular weight excluding hydrogens is 696 g/mol. The van der Waals surface area contributed by atoms with E-state index in [0.29, 0.717) is 11.8 Å². The Labute approximate surface area is 258 Å². The molecule has 0 saturated heterocycles. The smallest absolute Gasteiger partial charge is 0.457 e. The highest BCUT2D eigenvalue weighted by Gasteiger charge is 2.20. The third kappa shape index (κ3) is 10.9. The van der Waals surface area contributed by atoms with E-state index >= 15 is 0 Å². The number of rotatable bonds is 7. The van der Waals surface area contributed by atoms with Gasteiger partial charge in [0, 0.05) is 26.7 Å². The van der Waals surface area contributed by atoms with Crippen LogP contribution in [0.25, 0.3) is 11.3 Å². The number of ether oxygens (including phenoxy) is 1.